The van der Waals surface area contributed by atoms with Gasteiger partial charge in [-0.15, -0.1) is 11.3 Å². The zero-order valence-corrected chi connectivity index (χ0v) is 15.2. The highest BCUT2D eigenvalue weighted by Gasteiger charge is 2.12. The van der Waals surface area contributed by atoms with Gasteiger partial charge in [-0.05, 0) is 60.4 Å². The van der Waals surface area contributed by atoms with Gasteiger partial charge in [0, 0.05) is 15.9 Å². The minimum Gasteiger partial charge on any atom is -0.316 e. The fraction of sp³-hybridized carbons (Fsp3) is 0.444. The Balaban J connectivity index is 1.98. The van der Waals surface area contributed by atoms with Crippen LogP contribution in [0, 0.1) is 5.92 Å². The summed E-state index contributed by atoms with van der Waals surface area (Å²) in [4.78, 5) is 1.49. The maximum atomic E-state index is 3.62. The van der Waals surface area contributed by atoms with E-state index >= 15 is 0 Å². The van der Waals surface area contributed by atoms with E-state index in [-0.39, 0.29) is 0 Å². The minimum atomic E-state index is 0.573. The van der Waals surface area contributed by atoms with Gasteiger partial charge in [-0.25, -0.2) is 0 Å². The first kappa shape index (κ1) is 16.7. The molecule has 0 bridgehead atoms. The second kappa shape index (κ2) is 8.72. The smallest absolute Gasteiger partial charge is 0.0178 e. The highest BCUT2D eigenvalue weighted by atomic mass is 79.9. The first-order valence-electron chi connectivity index (χ1n) is 7.63. The van der Waals surface area contributed by atoms with Crippen LogP contribution in [0.1, 0.15) is 36.6 Å². The molecule has 0 saturated heterocycles. The summed E-state index contributed by atoms with van der Waals surface area (Å²) in [5, 5.41) is 5.79. The average Bonchev–Trinajstić information content (AvgIpc) is 2.95. The fourth-order valence-electron chi connectivity index (χ4n) is 2.46. The summed E-state index contributed by atoms with van der Waals surface area (Å²) in [6.07, 6.45) is 2.36. The van der Waals surface area contributed by atoms with Crippen LogP contribution in [0.2, 0.25) is 0 Å². The number of hydrogen-bond donors (Lipinski definition) is 1. The Bertz CT molecular complexity index is 522. The van der Waals surface area contributed by atoms with E-state index in [1.807, 2.05) is 11.3 Å². The summed E-state index contributed by atoms with van der Waals surface area (Å²) in [5.74, 6) is 1.27. The lowest BCUT2D eigenvalue weighted by atomic mass is 9.93. The number of rotatable bonds is 8. The van der Waals surface area contributed by atoms with Crippen molar-refractivity contribution in [2.24, 2.45) is 5.92 Å². The lowest BCUT2D eigenvalue weighted by molar-refractivity contribution is 0.501. The summed E-state index contributed by atoms with van der Waals surface area (Å²) in [6, 6.07) is 13.1. The quantitative estimate of drug-likeness (QED) is 0.653. The molecule has 0 fully saturated rings. The standard InChI is InChI=1S/C18H24BrNS/c1-14(2)12-20-13-16(8-9-18-7-4-10-21-18)15-5-3-6-17(19)11-15/h3-7,10-11,14,16,20H,8-9,12-13H2,1-2H3. The predicted octanol–water partition coefficient (Wildman–Crippen LogP) is 5.47. The molecule has 21 heavy (non-hydrogen) atoms. The van der Waals surface area contributed by atoms with Crippen LogP contribution in [0.3, 0.4) is 0 Å². The zero-order chi connectivity index (χ0) is 15.1. The molecule has 114 valence electrons. The van der Waals surface area contributed by atoms with Crippen LogP contribution in [-0.2, 0) is 6.42 Å². The van der Waals surface area contributed by atoms with Gasteiger partial charge in [0.05, 0.1) is 0 Å². The maximum Gasteiger partial charge on any atom is 0.0178 e. The number of halogens is 1. The van der Waals surface area contributed by atoms with Gasteiger partial charge in [0.2, 0.25) is 0 Å². The Morgan fingerprint density at radius 1 is 1.14 bits per heavy atom. The third-order valence-electron chi connectivity index (χ3n) is 3.58. The third-order valence-corrected chi connectivity index (χ3v) is 5.01. The van der Waals surface area contributed by atoms with Gasteiger partial charge in [0.1, 0.15) is 0 Å². The maximum absolute atomic E-state index is 3.62. The topological polar surface area (TPSA) is 12.0 Å². The molecule has 3 heteroatoms. The lowest BCUT2D eigenvalue weighted by Crippen LogP contribution is -2.25. The number of nitrogens with one attached hydrogen (secondary N) is 1. The van der Waals surface area contributed by atoms with Crippen molar-refractivity contribution in [1.29, 1.82) is 0 Å². The molecular weight excluding hydrogens is 342 g/mol. The Hall–Kier alpha value is -0.640. The second-order valence-electron chi connectivity index (χ2n) is 5.92. The molecular formula is C18H24BrNS. The molecule has 1 aromatic heterocycles. The average molecular weight is 366 g/mol. The molecule has 1 heterocycles. The van der Waals surface area contributed by atoms with Crippen LogP contribution in [0.15, 0.2) is 46.3 Å². The second-order valence-corrected chi connectivity index (χ2v) is 7.87. The van der Waals surface area contributed by atoms with E-state index < -0.39 is 0 Å². The Labute approximate surface area is 140 Å². The molecule has 2 rings (SSSR count). The van der Waals surface area contributed by atoms with E-state index in [1.54, 1.807) is 0 Å². The molecule has 1 unspecified atom stereocenters. The van der Waals surface area contributed by atoms with Gasteiger partial charge in [-0.2, -0.15) is 0 Å². The van der Waals surface area contributed by atoms with Crippen molar-refractivity contribution in [3.8, 4) is 0 Å². The van der Waals surface area contributed by atoms with Crippen LogP contribution in [0.5, 0.6) is 0 Å². The summed E-state index contributed by atoms with van der Waals surface area (Å²) in [6.45, 7) is 6.66. The van der Waals surface area contributed by atoms with E-state index in [0.29, 0.717) is 11.8 Å². The first-order valence-corrected chi connectivity index (χ1v) is 9.31. The third kappa shape index (κ3) is 5.93. The van der Waals surface area contributed by atoms with Crippen molar-refractivity contribution in [2.75, 3.05) is 13.1 Å². The van der Waals surface area contributed by atoms with Gasteiger partial charge in [0.15, 0.2) is 0 Å². The van der Waals surface area contributed by atoms with Gasteiger partial charge in [0.25, 0.3) is 0 Å². The molecule has 0 aliphatic rings. The molecule has 0 saturated carbocycles. The molecule has 1 nitrogen and oxygen atoms in total. The van der Waals surface area contributed by atoms with Crippen molar-refractivity contribution in [2.45, 2.75) is 32.6 Å². The Kier molecular flexibility index (Phi) is 6.94. The monoisotopic (exact) mass is 365 g/mol. The Morgan fingerprint density at radius 3 is 2.67 bits per heavy atom. The van der Waals surface area contributed by atoms with E-state index in [9.17, 15) is 0 Å². The molecule has 1 N–H and O–H groups in total. The normalized spacial score (nSPS) is 12.8. The summed E-state index contributed by atoms with van der Waals surface area (Å²) in [7, 11) is 0. The minimum absolute atomic E-state index is 0.573. The lowest BCUT2D eigenvalue weighted by Gasteiger charge is -2.19. The molecule has 2 aromatic rings. The first-order chi connectivity index (χ1) is 10.1. The fourth-order valence-corrected chi connectivity index (χ4v) is 3.61. The van der Waals surface area contributed by atoms with E-state index in [1.165, 1.54) is 21.3 Å². The van der Waals surface area contributed by atoms with Crippen LogP contribution in [0.25, 0.3) is 0 Å². The number of thiophene rings is 1. The highest BCUT2D eigenvalue weighted by molar-refractivity contribution is 9.10. The van der Waals surface area contributed by atoms with Crippen molar-refractivity contribution < 1.29 is 0 Å². The van der Waals surface area contributed by atoms with Crippen LogP contribution >= 0.6 is 27.3 Å². The molecule has 1 aromatic carbocycles. The Morgan fingerprint density at radius 2 is 2.00 bits per heavy atom. The van der Waals surface area contributed by atoms with E-state index in [2.05, 4.69) is 76.9 Å². The summed E-state index contributed by atoms with van der Waals surface area (Å²) < 4.78 is 1.17. The van der Waals surface area contributed by atoms with Crippen molar-refractivity contribution in [1.82, 2.24) is 5.32 Å². The highest BCUT2D eigenvalue weighted by Crippen LogP contribution is 2.25. The van der Waals surface area contributed by atoms with Crippen molar-refractivity contribution in [3.05, 3.63) is 56.7 Å². The largest absolute Gasteiger partial charge is 0.316 e. The van der Waals surface area contributed by atoms with Gasteiger partial charge in [-0.1, -0.05) is 48.0 Å². The zero-order valence-electron chi connectivity index (χ0n) is 12.8. The number of aryl methyl sites for hydroxylation is 1. The molecule has 0 aliphatic carbocycles. The predicted molar refractivity (Wildman–Crippen MR) is 97.2 cm³/mol. The van der Waals surface area contributed by atoms with Crippen molar-refractivity contribution in [3.63, 3.8) is 0 Å². The van der Waals surface area contributed by atoms with E-state index in [0.717, 1.165) is 19.5 Å². The van der Waals surface area contributed by atoms with Gasteiger partial charge < -0.3 is 5.32 Å². The van der Waals surface area contributed by atoms with Crippen LogP contribution in [-0.4, -0.2) is 13.1 Å². The van der Waals surface area contributed by atoms with Crippen molar-refractivity contribution >= 4 is 27.3 Å². The molecule has 1 atom stereocenters. The molecule has 0 amide bonds. The molecule has 0 radical (unpaired) electrons. The number of hydrogen-bond acceptors (Lipinski definition) is 2. The molecule has 0 spiro atoms. The SMILES string of the molecule is CC(C)CNCC(CCc1cccs1)c1cccc(Br)c1. The molecule has 0 aliphatic heterocycles. The van der Waals surface area contributed by atoms with Crippen LogP contribution < -0.4 is 5.32 Å². The summed E-state index contributed by atoms with van der Waals surface area (Å²) in [5.41, 5.74) is 1.43. The summed E-state index contributed by atoms with van der Waals surface area (Å²) >= 11 is 5.46. The number of benzene rings is 1. The van der Waals surface area contributed by atoms with Crippen LogP contribution in [0.4, 0.5) is 0 Å². The van der Waals surface area contributed by atoms with Gasteiger partial charge in [-0.3, -0.25) is 0 Å². The van der Waals surface area contributed by atoms with E-state index in [4.69, 9.17) is 0 Å². The van der Waals surface area contributed by atoms with Gasteiger partial charge >= 0.3 is 0 Å².